The summed E-state index contributed by atoms with van der Waals surface area (Å²) in [5.74, 6) is 5.93. The predicted octanol–water partition coefficient (Wildman–Crippen LogP) is 8.81. The van der Waals surface area contributed by atoms with Gasteiger partial charge in [-0.2, -0.15) is 0 Å². The normalized spacial score (nSPS) is 12.1. The molecular weight excluding hydrogens is 418 g/mol. The number of rotatable bonds is 19. The summed E-state index contributed by atoms with van der Waals surface area (Å²) in [5.41, 5.74) is 0. The van der Waals surface area contributed by atoms with Crippen LogP contribution in [0.1, 0.15) is 119 Å². The Morgan fingerprint density at radius 3 is 1.17 bits per heavy atom. The molecule has 0 amide bonds. The minimum atomic E-state index is 0.843. The topological polar surface area (TPSA) is 0 Å². The van der Waals surface area contributed by atoms with E-state index in [0.29, 0.717) is 0 Å². The second-order valence-electron chi connectivity index (χ2n) is 10.7. The second-order valence-corrected chi connectivity index (χ2v) is 11.1. The lowest BCUT2D eigenvalue weighted by atomic mass is 10.0. The molecule has 0 atom stereocenters. The van der Waals surface area contributed by atoms with Crippen LogP contribution in [0.3, 0.4) is 0 Å². The first-order valence-corrected chi connectivity index (χ1v) is 13.5. The molecule has 0 fully saturated rings. The Morgan fingerprint density at radius 1 is 0.552 bits per heavy atom. The van der Waals surface area contributed by atoms with Gasteiger partial charge in [0.05, 0.1) is 19.6 Å². The molecule has 1 nitrogen and oxygen atoms in total. The highest BCUT2D eigenvalue weighted by atomic mass is 79.9. The van der Waals surface area contributed by atoms with E-state index < -0.39 is 0 Å². The summed E-state index contributed by atoms with van der Waals surface area (Å²) in [6, 6.07) is 0. The van der Waals surface area contributed by atoms with Crippen molar-refractivity contribution < 1.29 is 4.48 Å². The van der Waals surface area contributed by atoms with Crippen LogP contribution in [-0.2, 0) is 0 Å². The molecule has 0 aromatic heterocycles. The lowest BCUT2D eigenvalue weighted by Crippen LogP contribution is -2.50. The third kappa shape index (κ3) is 18.5. The quantitative estimate of drug-likeness (QED) is 0.100. The molecule has 0 aromatic carbocycles. The van der Waals surface area contributed by atoms with E-state index in [0.717, 1.165) is 24.3 Å². The third-order valence-corrected chi connectivity index (χ3v) is 6.50. The van der Waals surface area contributed by atoms with Crippen molar-refractivity contribution in [2.24, 2.45) is 17.8 Å². The van der Waals surface area contributed by atoms with E-state index in [4.69, 9.17) is 0 Å². The van der Waals surface area contributed by atoms with Crippen molar-refractivity contribution in [1.29, 1.82) is 0 Å². The zero-order chi connectivity index (χ0) is 22.0. The summed E-state index contributed by atoms with van der Waals surface area (Å²) in [5, 5.41) is 0. The fraction of sp³-hybridized carbons (Fsp3) is 0.926. The molecule has 0 bridgehead atoms. The minimum Gasteiger partial charge on any atom is -0.313 e. The average molecular weight is 472 g/mol. The van der Waals surface area contributed by atoms with Crippen molar-refractivity contribution in [2.75, 3.05) is 26.2 Å². The first-order chi connectivity index (χ1) is 13.8. The first-order valence-electron chi connectivity index (χ1n) is 12.7. The maximum absolute atomic E-state index is 3.41. The smallest absolute Gasteiger partial charge is 0.141 e. The van der Waals surface area contributed by atoms with Crippen molar-refractivity contribution in [2.45, 2.75) is 119 Å². The molecule has 0 aliphatic heterocycles. The zero-order valence-corrected chi connectivity index (χ0v) is 22.5. The summed E-state index contributed by atoms with van der Waals surface area (Å²) < 4.78 is 1.24. The maximum Gasteiger partial charge on any atom is 0.141 e. The molecule has 0 aromatic rings. The Morgan fingerprint density at radius 2 is 0.897 bits per heavy atom. The predicted molar refractivity (Wildman–Crippen MR) is 136 cm³/mol. The van der Waals surface area contributed by atoms with Crippen LogP contribution in [-0.4, -0.2) is 30.7 Å². The van der Waals surface area contributed by atoms with Gasteiger partial charge in [-0.15, -0.1) is 0 Å². The van der Waals surface area contributed by atoms with Gasteiger partial charge in [-0.3, -0.25) is 0 Å². The minimum absolute atomic E-state index is 0.843. The van der Waals surface area contributed by atoms with Crippen molar-refractivity contribution in [3.05, 3.63) is 0 Å². The third-order valence-electron chi connectivity index (χ3n) is 6.22. The molecule has 0 aliphatic rings. The summed E-state index contributed by atoms with van der Waals surface area (Å²) in [4.78, 5) is 3.02. The Balaban J connectivity index is 4.70. The first kappa shape index (κ1) is 29.0. The van der Waals surface area contributed by atoms with Gasteiger partial charge in [0.1, 0.15) is 6.54 Å². The number of halogens is 1. The van der Waals surface area contributed by atoms with Crippen molar-refractivity contribution in [1.82, 2.24) is 0 Å². The van der Waals surface area contributed by atoms with Gasteiger partial charge < -0.3 is 4.48 Å². The van der Waals surface area contributed by atoms with Gasteiger partial charge in [0.25, 0.3) is 0 Å². The second kappa shape index (κ2) is 18.7. The van der Waals surface area contributed by atoms with E-state index in [-0.39, 0.29) is 0 Å². The van der Waals surface area contributed by atoms with Crippen molar-refractivity contribution in [3.63, 3.8) is 0 Å². The lowest BCUT2D eigenvalue weighted by Gasteiger charge is -2.38. The van der Waals surface area contributed by atoms with E-state index in [1.165, 1.54) is 101 Å². The average Bonchev–Trinajstić information content (AvgIpc) is 2.64. The van der Waals surface area contributed by atoms with E-state index >= 15 is 0 Å². The van der Waals surface area contributed by atoms with Crippen LogP contribution >= 0.6 is 15.9 Å². The van der Waals surface area contributed by atoms with Gasteiger partial charge in [-0.05, 0) is 67.0 Å². The molecule has 0 heterocycles. The van der Waals surface area contributed by atoms with Gasteiger partial charge >= 0.3 is 0 Å². The fourth-order valence-electron chi connectivity index (χ4n) is 4.30. The van der Waals surface area contributed by atoms with E-state index in [2.05, 4.69) is 68.2 Å². The van der Waals surface area contributed by atoms with Crippen LogP contribution in [0.15, 0.2) is 0 Å². The molecule has 29 heavy (non-hydrogen) atoms. The number of nitrogens with zero attached hydrogens (tertiary/aromatic N) is 1. The lowest BCUT2D eigenvalue weighted by molar-refractivity contribution is -0.922. The van der Waals surface area contributed by atoms with Gasteiger partial charge in [0, 0.05) is 15.9 Å². The Labute approximate surface area is 193 Å². The maximum atomic E-state index is 3.41. The van der Waals surface area contributed by atoms with Gasteiger partial charge in [0.15, 0.2) is 0 Å². The fourth-order valence-corrected chi connectivity index (χ4v) is 4.43. The van der Waals surface area contributed by atoms with Crippen LogP contribution in [0.25, 0.3) is 0 Å². The number of unbranched alkanes of at least 4 members (excludes halogenated alkanes) is 6. The molecular formula is C27H53BrN+. The van der Waals surface area contributed by atoms with Crippen molar-refractivity contribution >= 4 is 15.9 Å². The van der Waals surface area contributed by atoms with E-state index in [1.54, 1.807) is 0 Å². The highest BCUT2D eigenvalue weighted by Gasteiger charge is 2.25. The summed E-state index contributed by atoms with van der Waals surface area (Å²) in [6.07, 6.45) is 16.6. The van der Waals surface area contributed by atoms with E-state index in [9.17, 15) is 0 Å². The molecule has 0 unspecified atom stereocenters. The molecule has 172 valence electrons. The molecule has 0 N–H and O–H groups in total. The Hall–Kier alpha value is 0. The monoisotopic (exact) mass is 470 g/mol. The molecule has 0 aliphatic carbocycles. The molecule has 0 rings (SSSR count). The van der Waals surface area contributed by atoms with Crippen LogP contribution in [0.5, 0.6) is 0 Å². The highest BCUT2D eigenvalue weighted by Crippen LogP contribution is 2.19. The summed E-state index contributed by atoms with van der Waals surface area (Å²) in [6.45, 7) is 19.1. The number of hydrogen-bond acceptors (Lipinski definition) is 0. The SMILES string of the molecule is CC(C)CCCCC[N+](CC#CBr)(CCCCCC(C)C)CCCCCC(C)C. The largest absolute Gasteiger partial charge is 0.313 e. The molecule has 0 radical (unpaired) electrons. The van der Waals surface area contributed by atoms with E-state index in [1.807, 2.05) is 0 Å². The summed E-state index contributed by atoms with van der Waals surface area (Å²) in [7, 11) is 0. The van der Waals surface area contributed by atoms with Crippen LogP contribution in [0.2, 0.25) is 0 Å². The molecule has 0 spiro atoms. The number of quaternary nitrogens is 1. The molecule has 0 saturated heterocycles. The van der Waals surface area contributed by atoms with Crippen LogP contribution < -0.4 is 0 Å². The van der Waals surface area contributed by atoms with Gasteiger partial charge in [-0.1, -0.05) is 80.1 Å². The van der Waals surface area contributed by atoms with Gasteiger partial charge in [0.2, 0.25) is 0 Å². The molecule has 2 heteroatoms. The Kier molecular flexibility index (Phi) is 18.7. The van der Waals surface area contributed by atoms with Crippen molar-refractivity contribution in [3.8, 4) is 10.8 Å². The standard InChI is InChI=1S/C27H53BrN/c1-25(2)17-10-7-13-21-29(24-16-20-28,22-14-8-11-18-26(3)4)23-15-9-12-19-27(5)6/h25-27H,7-15,17-19,21-24H2,1-6H3/q+1. The number of hydrogen-bond donors (Lipinski definition) is 0. The summed E-state index contributed by atoms with van der Waals surface area (Å²) >= 11 is 3.36. The highest BCUT2D eigenvalue weighted by molar-refractivity contribution is 9.12. The molecule has 0 saturated carbocycles. The van der Waals surface area contributed by atoms with Crippen LogP contribution in [0, 0.1) is 28.5 Å². The van der Waals surface area contributed by atoms with Gasteiger partial charge in [-0.25, -0.2) is 0 Å². The van der Waals surface area contributed by atoms with Crippen LogP contribution in [0.4, 0.5) is 0 Å². The zero-order valence-electron chi connectivity index (χ0n) is 20.9. The Bertz CT molecular complexity index is 370.